The maximum atomic E-state index is 5.35. The molecule has 1 aliphatic heterocycles. The zero-order valence-corrected chi connectivity index (χ0v) is 5.68. The van der Waals surface area contributed by atoms with Crippen LogP contribution in [0.1, 0.15) is 5.76 Å². The van der Waals surface area contributed by atoms with Gasteiger partial charge in [-0.15, -0.1) is 0 Å². The molecule has 0 aliphatic carbocycles. The first-order valence-corrected chi connectivity index (χ1v) is 3.48. The van der Waals surface area contributed by atoms with Gasteiger partial charge >= 0.3 is 0 Å². The van der Waals surface area contributed by atoms with Crippen LogP contribution in [0.2, 0.25) is 0 Å². The van der Waals surface area contributed by atoms with E-state index in [4.69, 9.17) is 4.42 Å². The van der Waals surface area contributed by atoms with Gasteiger partial charge in [0.2, 0.25) is 0 Å². The van der Waals surface area contributed by atoms with Gasteiger partial charge < -0.3 is 15.1 Å². The van der Waals surface area contributed by atoms with E-state index in [0.29, 0.717) is 0 Å². The van der Waals surface area contributed by atoms with Crippen LogP contribution in [0.5, 0.6) is 0 Å². The van der Waals surface area contributed by atoms with Gasteiger partial charge in [-0.2, -0.15) is 0 Å². The van der Waals surface area contributed by atoms with E-state index < -0.39 is 0 Å². The van der Waals surface area contributed by atoms with E-state index in [0.717, 1.165) is 31.3 Å². The highest BCUT2D eigenvalue weighted by atomic mass is 16.4. The molecule has 1 aromatic rings. The molecule has 0 radical (unpaired) electrons. The first-order valence-electron chi connectivity index (χ1n) is 3.48. The van der Waals surface area contributed by atoms with Gasteiger partial charge in [0.25, 0.3) is 0 Å². The monoisotopic (exact) mass is 138 g/mol. The average molecular weight is 138 g/mol. The van der Waals surface area contributed by atoms with Gasteiger partial charge in [0.15, 0.2) is 5.88 Å². The summed E-state index contributed by atoms with van der Waals surface area (Å²) in [6.07, 6.45) is 0. The van der Waals surface area contributed by atoms with Crippen molar-refractivity contribution in [3.63, 3.8) is 0 Å². The van der Waals surface area contributed by atoms with Crippen molar-refractivity contribution in [3.8, 4) is 0 Å². The number of nitrogens with one attached hydrogen (secondary N) is 2. The van der Waals surface area contributed by atoms with E-state index in [1.54, 1.807) is 0 Å². The topological polar surface area (TPSA) is 37.2 Å². The normalized spacial score (nSPS) is 17.2. The largest absolute Gasteiger partial charge is 0.444 e. The average Bonchev–Trinajstić information content (AvgIpc) is 2.30. The fourth-order valence-corrected chi connectivity index (χ4v) is 1.05. The van der Waals surface area contributed by atoms with Crippen molar-refractivity contribution in [2.75, 3.05) is 18.4 Å². The minimum absolute atomic E-state index is 0.849. The molecule has 0 unspecified atom stereocenters. The SMILES string of the molecule is c1cc2oc1CNCCN2. The second-order valence-electron chi connectivity index (χ2n) is 2.37. The summed E-state index contributed by atoms with van der Waals surface area (Å²) in [6.45, 7) is 2.78. The Kier molecular flexibility index (Phi) is 1.36. The molecule has 1 aromatic heterocycles. The van der Waals surface area contributed by atoms with Crippen molar-refractivity contribution in [3.05, 3.63) is 17.9 Å². The maximum Gasteiger partial charge on any atom is 0.193 e. The molecule has 0 saturated carbocycles. The van der Waals surface area contributed by atoms with Gasteiger partial charge in [0, 0.05) is 19.2 Å². The molecule has 1 aliphatic rings. The van der Waals surface area contributed by atoms with Crippen LogP contribution in [0, 0.1) is 0 Å². The fourth-order valence-electron chi connectivity index (χ4n) is 1.05. The van der Waals surface area contributed by atoms with E-state index in [1.165, 1.54) is 0 Å². The number of hydrogen-bond donors (Lipinski definition) is 2. The van der Waals surface area contributed by atoms with Crippen molar-refractivity contribution in [1.82, 2.24) is 5.32 Å². The van der Waals surface area contributed by atoms with Crippen molar-refractivity contribution in [2.24, 2.45) is 0 Å². The quantitative estimate of drug-likeness (QED) is 0.556. The summed E-state index contributed by atoms with van der Waals surface area (Å²) in [6, 6.07) is 3.95. The van der Waals surface area contributed by atoms with Crippen molar-refractivity contribution in [1.29, 1.82) is 0 Å². The van der Waals surface area contributed by atoms with Gasteiger partial charge in [-0.05, 0) is 6.07 Å². The van der Waals surface area contributed by atoms with E-state index >= 15 is 0 Å². The Balaban J connectivity index is 2.25. The molecule has 2 N–H and O–H groups in total. The van der Waals surface area contributed by atoms with Crippen LogP contribution in [0.15, 0.2) is 16.5 Å². The summed E-state index contributed by atoms with van der Waals surface area (Å²) in [4.78, 5) is 0. The Labute approximate surface area is 59.4 Å². The molecular formula is C7H10N2O. The van der Waals surface area contributed by atoms with Crippen LogP contribution in [0.25, 0.3) is 0 Å². The van der Waals surface area contributed by atoms with Gasteiger partial charge in [0.05, 0.1) is 6.54 Å². The molecule has 0 aromatic carbocycles. The second kappa shape index (κ2) is 2.34. The van der Waals surface area contributed by atoms with Crippen LogP contribution in [0.4, 0.5) is 5.88 Å². The van der Waals surface area contributed by atoms with Gasteiger partial charge in [0.1, 0.15) is 5.76 Å². The Hall–Kier alpha value is -0.960. The molecule has 3 nitrogen and oxygen atoms in total. The standard InChI is InChI=1S/C7H10N2O/c1-2-7-9-4-3-8-5-6(1)10-7/h1-2,8-9H,3-5H2. The summed E-state index contributed by atoms with van der Waals surface area (Å²) >= 11 is 0. The highest BCUT2D eigenvalue weighted by molar-refractivity contribution is 5.32. The molecular weight excluding hydrogens is 128 g/mol. The lowest BCUT2D eigenvalue weighted by Crippen LogP contribution is -2.22. The molecule has 2 rings (SSSR count). The Morgan fingerprint density at radius 3 is 3.30 bits per heavy atom. The number of furan rings is 1. The highest BCUT2D eigenvalue weighted by Gasteiger charge is 2.03. The predicted octanol–water partition coefficient (Wildman–Crippen LogP) is 0.795. The van der Waals surface area contributed by atoms with Crippen LogP contribution in [0.3, 0.4) is 0 Å². The second-order valence-corrected chi connectivity index (χ2v) is 2.37. The lowest BCUT2D eigenvalue weighted by atomic mass is 10.4. The van der Waals surface area contributed by atoms with Gasteiger partial charge in [-0.3, -0.25) is 0 Å². The number of fused-ring (bicyclic) bond motifs is 2. The number of anilines is 1. The minimum Gasteiger partial charge on any atom is -0.444 e. The minimum atomic E-state index is 0.849. The van der Waals surface area contributed by atoms with E-state index in [9.17, 15) is 0 Å². The van der Waals surface area contributed by atoms with E-state index in [1.807, 2.05) is 12.1 Å². The Bertz CT molecular complexity index is 199. The molecule has 2 heterocycles. The van der Waals surface area contributed by atoms with Crippen LogP contribution < -0.4 is 10.6 Å². The maximum absolute atomic E-state index is 5.35. The first-order chi connectivity index (χ1) is 4.95. The molecule has 0 atom stereocenters. The van der Waals surface area contributed by atoms with Crippen LogP contribution in [-0.2, 0) is 6.54 Å². The third-order valence-corrected chi connectivity index (χ3v) is 1.56. The Morgan fingerprint density at radius 1 is 1.30 bits per heavy atom. The van der Waals surface area contributed by atoms with Crippen LogP contribution >= 0.6 is 0 Å². The summed E-state index contributed by atoms with van der Waals surface area (Å²) in [5, 5.41) is 6.36. The molecule has 0 fully saturated rings. The number of rotatable bonds is 0. The van der Waals surface area contributed by atoms with Crippen molar-refractivity contribution < 1.29 is 4.42 Å². The molecule has 54 valence electrons. The zero-order valence-electron chi connectivity index (χ0n) is 5.68. The highest BCUT2D eigenvalue weighted by Crippen LogP contribution is 2.13. The summed E-state index contributed by atoms with van der Waals surface area (Å²) in [7, 11) is 0. The molecule has 3 heteroatoms. The third kappa shape index (κ3) is 0.998. The van der Waals surface area contributed by atoms with Crippen LogP contribution in [-0.4, -0.2) is 13.1 Å². The van der Waals surface area contributed by atoms with Gasteiger partial charge in [-0.1, -0.05) is 0 Å². The molecule has 0 amide bonds. The lowest BCUT2D eigenvalue weighted by molar-refractivity contribution is 0.481. The summed E-state index contributed by atoms with van der Waals surface area (Å²) in [5.41, 5.74) is 0. The lowest BCUT2D eigenvalue weighted by Gasteiger charge is -2.07. The molecule has 10 heavy (non-hydrogen) atoms. The molecule has 0 saturated heterocycles. The van der Waals surface area contributed by atoms with Gasteiger partial charge in [-0.25, -0.2) is 0 Å². The fraction of sp³-hybridized carbons (Fsp3) is 0.429. The Morgan fingerprint density at radius 2 is 2.30 bits per heavy atom. The molecule has 0 spiro atoms. The smallest absolute Gasteiger partial charge is 0.193 e. The zero-order chi connectivity index (χ0) is 6.81. The number of hydrogen-bond acceptors (Lipinski definition) is 3. The molecule has 2 bridgehead atoms. The van der Waals surface area contributed by atoms with E-state index in [2.05, 4.69) is 10.6 Å². The van der Waals surface area contributed by atoms with Crippen molar-refractivity contribution in [2.45, 2.75) is 6.54 Å². The van der Waals surface area contributed by atoms with E-state index in [-0.39, 0.29) is 0 Å². The predicted molar refractivity (Wildman–Crippen MR) is 38.9 cm³/mol. The first kappa shape index (κ1) is 5.80. The van der Waals surface area contributed by atoms with Crippen molar-refractivity contribution >= 4 is 5.88 Å². The summed E-state index contributed by atoms with van der Waals surface area (Å²) < 4.78 is 5.35. The third-order valence-electron chi connectivity index (χ3n) is 1.56. The summed E-state index contributed by atoms with van der Waals surface area (Å²) in [5.74, 6) is 1.89.